The van der Waals surface area contributed by atoms with Crippen molar-refractivity contribution >= 4 is 34.1 Å². The summed E-state index contributed by atoms with van der Waals surface area (Å²) in [6.45, 7) is 6.90. The first-order valence-corrected chi connectivity index (χ1v) is 7.60. The molecule has 0 saturated carbocycles. The standard InChI is InChI=1S/C12H20INS/c1-4-6-8-12(3,7-5-2)10-9-11(13)15-14-10/h9H,4-8H2,1-3H3. The van der Waals surface area contributed by atoms with Crippen molar-refractivity contribution < 1.29 is 0 Å². The molecule has 0 aliphatic carbocycles. The van der Waals surface area contributed by atoms with Crippen molar-refractivity contribution in [3.05, 3.63) is 14.6 Å². The molecule has 0 aliphatic rings. The van der Waals surface area contributed by atoms with E-state index in [2.05, 4.69) is 53.8 Å². The summed E-state index contributed by atoms with van der Waals surface area (Å²) in [5, 5.41) is 0. The van der Waals surface area contributed by atoms with Crippen molar-refractivity contribution in [1.29, 1.82) is 0 Å². The fourth-order valence-corrected chi connectivity index (χ4v) is 3.25. The highest BCUT2D eigenvalue weighted by molar-refractivity contribution is 14.1. The first kappa shape index (κ1) is 13.4. The van der Waals surface area contributed by atoms with Crippen molar-refractivity contribution in [2.45, 2.75) is 58.3 Å². The van der Waals surface area contributed by atoms with E-state index in [1.54, 1.807) is 11.5 Å². The maximum atomic E-state index is 4.59. The minimum atomic E-state index is 0.310. The average Bonchev–Trinajstić information content (AvgIpc) is 2.63. The summed E-state index contributed by atoms with van der Waals surface area (Å²) in [4.78, 5) is 0. The number of hydrogen-bond donors (Lipinski definition) is 0. The number of rotatable bonds is 6. The molecule has 0 aromatic carbocycles. The van der Waals surface area contributed by atoms with E-state index in [1.165, 1.54) is 40.7 Å². The highest BCUT2D eigenvalue weighted by Crippen LogP contribution is 2.35. The lowest BCUT2D eigenvalue weighted by Gasteiger charge is -2.27. The van der Waals surface area contributed by atoms with Crippen LogP contribution in [0, 0.1) is 2.88 Å². The van der Waals surface area contributed by atoms with Crippen LogP contribution in [0.4, 0.5) is 0 Å². The topological polar surface area (TPSA) is 12.9 Å². The maximum Gasteiger partial charge on any atom is 0.0863 e. The third kappa shape index (κ3) is 3.70. The van der Waals surface area contributed by atoms with Crippen LogP contribution >= 0.6 is 34.1 Å². The second-order valence-electron chi connectivity index (χ2n) is 4.43. The first-order valence-electron chi connectivity index (χ1n) is 5.75. The fraction of sp³-hybridized carbons (Fsp3) is 0.750. The van der Waals surface area contributed by atoms with Gasteiger partial charge in [-0.25, -0.2) is 0 Å². The normalized spacial score (nSPS) is 15.2. The van der Waals surface area contributed by atoms with Gasteiger partial charge in [0.15, 0.2) is 0 Å². The molecule has 3 heteroatoms. The fourth-order valence-electron chi connectivity index (χ4n) is 2.04. The largest absolute Gasteiger partial charge is 0.196 e. The first-order chi connectivity index (χ1) is 7.12. The number of halogens is 1. The molecule has 0 radical (unpaired) electrons. The molecule has 1 unspecified atom stereocenters. The van der Waals surface area contributed by atoms with E-state index < -0.39 is 0 Å². The zero-order valence-corrected chi connectivity index (χ0v) is 12.8. The van der Waals surface area contributed by atoms with Crippen molar-refractivity contribution in [3.8, 4) is 0 Å². The van der Waals surface area contributed by atoms with Gasteiger partial charge in [0, 0.05) is 5.41 Å². The molecule has 1 atom stereocenters. The molecule has 1 rings (SSSR count). The van der Waals surface area contributed by atoms with Crippen LogP contribution in [-0.4, -0.2) is 4.37 Å². The van der Waals surface area contributed by atoms with E-state index in [9.17, 15) is 0 Å². The van der Waals surface area contributed by atoms with Crippen LogP contribution in [0.15, 0.2) is 6.07 Å². The third-order valence-electron chi connectivity index (χ3n) is 2.98. The second-order valence-corrected chi connectivity index (χ2v) is 7.13. The lowest BCUT2D eigenvalue weighted by atomic mass is 9.78. The monoisotopic (exact) mass is 337 g/mol. The Bertz CT molecular complexity index is 298. The number of unbranched alkanes of at least 4 members (excludes halogenated alkanes) is 1. The predicted octanol–water partition coefficient (Wildman–Crippen LogP) is 5.00. The van der Waals surface area contributed by atoms with Gasteiger partial charge >= 0.3 is 0 Å². The quantitative estimate of drug-likeness (QED) is 0.666. The van der Waals surface area contributed by atoms with E-state index in [0.29, 0.717) is 5.41 Å². The Morgan fingerprint density at radius 1 is 1.33 bits per heavy atom. The van der Waals surface area contributed by atoms with Crippen LogP contribution in [0.1, 0.15) is 58.6 Å². The number of hydrogen-bond acceptors (Lipinski definition) is 2. The molecule has 15 heavy (non-hydrogen) atoms. The van der Waals surface area contributed by atoms with Gasteiger partial charge in [-0.15, -0.1) is 0 Å². The van der Waals surface area contributed by atoms with E-state index >= 15 is 0 Å². The SMILES string of the molecule is CCCCC(C)(CCC)c1cc(I)sn1. The Kier molecular flexibility index (Phi) is 5.53. The van der Waals surface area contributed by atoms with Gasteiger partial charge in [-0.1, -0.05) is 40.0 Å². The third-order valence-corrected chi connectivity index (χ3v) is 4.47. The van der Waals surface area contributed by atoms with Crippen LogP contribution < -0.4 is 0 Å². The van der Waals surface area contributed by atoms with E-state index in [4.69, 9.17) is 0 Å². The molecule has 0 saturated heterocycles. The van der Waals surface area contributed by atoms with Crippen LogP contribution in [-0.2, 0) is 5.41 Å². The van der Waals surface area contributed by atoms with Gasteiger partial charge in [-0.2, -0.15) is 4.37 Å². The average molecular weight is 337 g/mol. The Balaban J connectivity index is 2.79. The number of nitrogens with zero attached hydrogens (tertiary/aromatic N) is 1. The number of aromatic nitrogens is 1. The van der Waals surface area contributed by atoms with Crippen LogP contribution in [0.3, 0.4) is 0 Å². The van der Waals surface area contributed by atoms with E-state index in [0.717, 1.165) is 0 Å². The van der Waals surface area contributed by atoms with Crippen LogP contribution in [0.25, 0.3) is 0 Å². The van der Waals surface area contributed by atoms with Gasteiger partial charge < -0.3 is 0 Å². The molecule has 0 N–H and O–H groups in total. The molecule has 1 aromatic heterocycles. The van der Waals surface area contributed by atoms with Gasteiger partial charge in [0.1, 0.15) is 0 Å². The second kappa shape index (κ2) is 6.18. The summed E-state index contributed by atoms with van der Waals surface area (Å²) in [6.07, 6.45) is 6.36. The smallest absolute Gasteiger partial charge is 0.0863 e. The van der Waals surface area contributed by atoms with Crippen molar-refractivity contribution in [1.82, 2.24) is 4.37 Å². The summed E-state index contributed by atoms with van der Waals surface area (Å²) in [6, 6.07) is 2.26. The van der Waals surface area contributed by atoms with E-state index in [1.807, 2.05) is 0 Å². The predicted molar refractivity (Wildman–Crippen MR) is 76.6 cm³/mol. The minimum Gasteiger partial charge on any atom is -0.196 e. The van der Waals surface area contributed by atoms with Gasteiger partial charge in [0.05, 0.1) is 8.58 Å². The molecule has 1 nitrogen and oxygen atoms in total. The van der Waals surface area contributed by atoms with Gasteiger partial charge in [0.25, 0.3) is 0 Å². The maximum absolute atomic E-state index is 4.59. The molecule has 1 heterocycles. The molecular weight excluding hydrogens is 317 g/mol. The molecule has 1 aromatic rings. The Hall–Kier alpha value is 0.360. The minimum absolute atomic E-state index is 0.310. The molecule has 0 amide bonds. The summed E-state index contributed by atoms with van der Waals surface area (Å²) >= 11 is 3.99. The summed E-state index contributed by atoms with van der Waals surface area (Å²) in [5.41, 5.74) is 1.62. The zero-order chi connectivity index (χ0) is 11.3. The summed E-state index contributed by atoms with van der Waals surface area (Å²) in [5.74, 6) is 0. The molecule has 0 spiro atoms. The van der Waals surface area contributed by atoms with Crippen LogP contribution in [0.2, 0.25) is 0 Å². The molecule has 0 bridgehead atoms. The van der Waals surface area contributed by atoms with E-state index in [-0.39, 0.29) is 0 Å². The summed E-state index contributed by atoms with van der Waals surface area (Å²) < 4.78 is 5.90. The van der Waals surface area contributed by atoms with Gasteiger partial charge in [0.2, 0.25) is 0 Å². The van der Waals surface area contributed by atoms with Crippen molar-refractivity contribution in [2.75, 3.05) is 0 Å². The van der Waals surface area contributed by atoms with Crippen molar-refractivity contribution in [2.24, 2.45) is 0 Å². The lowest BCUT2D eigenvalue weighted by Crippen LogP contribution is -2.22. The zero-order valence-electron chi connectivity index (χ0n) is 9.85. The molecule has 0 fully saturated rings. The van der Waals surface area contributed by atoms with Crippen LogP contribution in [0.5, 0.6) is 0 Å². The Morgan fingerprint density at radius 3 is 2.53 bits per heavy atom. The lowest BCUT2D eigenvalue weighted by molar-refractivity contribution is 0.375. The Morgan fingerprint density at radius 2 is 2.07 bits per heavy atom. The molecule has 86 valence electrons. The molecule has 0 aliphatic heterocycles. The van der Waals surface area contributed by atoms with Gasteiger partial charge in [-0.3, -0.25) is 0 Å². The summed E-state index contributed by atoms with van der Waals surface area (Å²) in [7, 11) is 0. The van der Waals surface area contributed by atoms with Crippen molar-refractivity contribution in [3.63, 3.8) is 0 Å². The highest BCUT2D eigenvalue weighted by atomic mass is 127. The van der Waals surface area contributed by atoms with Gasteiger partial charge in [-0.05, 0) is 53.0 Å². The molecular formula is C12H20INS. The Labute approximate surface area is 111 Å². The highest BCUT2D eigenvalue weighted by Gasteiger charge is 2.27.